The van der Waals surface area contributed by atoms with E-state index >= 15 is 0 Å². The van der Waals surface area contributed by atoms with Gasteiger partial charge in [-0.1, -0.05) is 12.8 Å². The molecule has 5 heteroatoms. The lowest BCUT2D eigenvalue weighted by Crippen LogP contribution is -2.52. The molecular formula is C14H19NO4. The van der Waals surface area contributed by atoms with Crippen molar-refractivity contribution in [3.05, 3.63) is 23.7 Å². The molecule has 0 spiro atoms. The first-order chi connectivity index (χ1) is 8.93. The lowest BCUT2D eigenvalue weighted by atomic mass is 9.71. The third-order valence-electron chi connectivity index (χ3n) is 3.99. The highest BCUT2D eigenvalue weighted by Gasteiger charge is 2.43. The van der Waals surface area contributed by atoms with E-state index in [1.807, 2.05) is 0 Å². The second-order valence-corrected chi connectivity index (χ2v) is 5.44. The van der Waals surface area contributed by atoms with Crippen molar-refractivity contribution in [1.82, 2.24) is 5.32 Å². The summed E-state index contributed by atoms with van der Waals surface area (Å²) in [5.41, 5.74) is -0.442. The molecule has 0 radical (unpaired) electrons. The van der Waals surface area contributed by atoms with Gasteiger partial charge >= 0.3 is 5.97 Å². The zero-order chi connectivity index (χ0) is 14.0. The average molecular weight is 265 g/mol. The van der Waals surface area contributed by atoms with Crippen molar-refractivity contribution < 1.29 is 19.1 Å². The van der Waals surface area contributed by atoms with Crippen molar-refractivity contribution in [3.63, 3.8) is 0 Å². The first-order valence-corrected chi connectivity index (χ1v) is 6.53. The fourth-order valence-electron chi connectivity index (χ4n) is 2.63. The minimum atomic E-state index is -0.882. The smallest absolute Gasteiger partial charge is 0.311 e. The SMILES string of the molecule is Cc1cc(C(=O)NC2CCCCC2(C)C(=O)O)co1. The van der Waals surface area contributed by atoms with Gasteiger partial charge in [0.2, 0.25) is 0 Å². The van der Waals surface area contributed by atoms with E-state index in [2.05, 4.69) is 5.32 Å². The zero-order valence-corrected chi connectivity index (χ0v) is 11.2. The van der Waals surface area contributed by atoms with Crippen LogP contribution < -0.4 is 5.32 Å². The fourth-order valence-corrected chi connectivity index (χ4v) is 2.63. The van der Waals surface area contributed by atoms with Gasteiger partial charge in [0, 0.05) is 6.04 Å². The van der Waals surface area contributed by atoms with E-state index in [9.17, 15) is 14.7 Å². The van der Waals surface area contributed by atoms with E-state index in [0.717, 1.165) is 12.8 Å². The Morgan fingerprint density at radius 1 is 1.47 bits per heavy atom. The predicted octanol–water partition coefficient (Wildman–Crippen LogP) is 2.35. The molecule has 1 aliphatic rings. The van der Waals surface area contributed by atoms with Gasteiger partial charge in [-0.25, -0.2) is 0 Å². The van der Waals surface area contributed by atoms with E-state index in [-0.39, 0.29) is 11.9 Å². The van der Waals surface area contributed by atoms with E-state index in [0.29, 0.717) is 24.2 Å². The van der Waals surface area contributed by atoms with Crippen LogP contribution in [0.4, 0.5) is 0 Å². The van der Waals surface area contributed by atoms with Gasteiger partial charge < -0.3 is 14.8 Å². The molecule has 1 saturated carbocycles. The van der Waals surface area contributed by atoms with Crippen LogP contribution in [0.2, 0.25) is 0 Å². The largest absolute Gasteiger partial charge is 0.481 e. The highest BCUT2D eigenvalue weighted by molar-refractivity contribution is 5.94. The molecular weight excluding hydrogens is 246 g/mol. The molecule has 2 N–H and O–H groups in total. The van der Waals surface area contributed by atoms with Gasteiger partial charge in [-0.05, 0) is 32.8 Å². The molecule has 1 aliphatic carbocycles. The molecule has 1 aromatic heterocycles. The number of carboxylic acid groups (broad SMARTS) is 1. The number of rotatable bonds is 3. The van der Waals surface area contributed by atoms with Gasteiger partial charge in [0.15, 0.2) is 0 Å². The summed E-state index contributed by atoms with van der Waals surface area (Å²) in [6.07, 6.45) is 4.52. The van der Waals surface area contributed by atoms with Crippen LogP contribution in [0, 0.1) is 12.3 Å². The summed E-state index contributed by atoms with van der Waals surface area (Å²) < 4.78 is 5.10. The van der Waals surface area contributed by atoms with Crippen molar-refractivity contribution in [1.29, 1.82) is 0 Å². The molecule has 1 amide bonds. The monoisotopic (exact) mass is 265 g/mol. The van der Waals surface area contributed by atoms with Gasteiger partial charge in [-0.3, -0.25) is 9.59 Å². The Bertz CT molecular complexity index is 493. The maximum absolute atomic E-state index is 12.1. The Morgan fingerprint density at radius 2 is 2.21 bits per heavy atom. The number of nitrogens with one attached hydrogen (secondary N) is 1. The molecule has 104 valence electrons. The first-order valence-electron chi connectivity index (χ1n) is 6.53. The zero-order valence-electron chi connectivity index (χ0n) is 11.2. The molecule has 0 aromatic carbocycles. The molecule has 19 heavy (non-hydrogen) atoms. The quantitative estimate of drug-likeness (QED) is 0.879. The van der Waals surface area contributed by atoms with Gasteiger partial charge in [0.05, 0.1) is 11.0 Å². The molecule has 2 rings (SSSR count). The molecule has 1 fully saturated rings. The number of amides is 1. The number of hydrogen-bond acceptors (Lipinski definition) is 3. The first kappa shape index (κ1) is 13.6. The normalized spacial score (nSPS) is 26.9. The molecule has 5 nitrogen and oxygen atoms in total. The van der Waals surface area contributed by atoms with Crippen molar-refractivity contribution in [2.24, 2.45) is 5.41 Å². The molecule has 0 bridgehead atoms. The lowest BCUT2D eigenvalue weighted by Gasteiger charge is -2.38. The summed E-state index contributed by atoms with van der Waals surface area (Å²) in [5.74, 6) is -0.452. The Kier molecular flexibility index (Phi) is 3.64. The fraction of sp³-hybridized carbons (Fsp3) is 0.571. The minimum absolute atomic E-state index is 0.267. The molecule has 0 saturated heterocycles. The van der Waals surface area contributed by atoms with Crippen LogP contribution >= 0.6 is 0 Å². The minimum Gasteiger partial charge on any atom is -0.481 e. The Hall–Kier alpha value is -1.78. The summed E-state index contributed by atoms with van der Waals surface area (Å²) in [6.45, 7) is 3.47. The number of carbonyl (C=O) groups is 2. The van der Waals surface area contributed by atoms with Crippen LogP contribution in [0.3, 0.4) is 0 Å². The lowest BCUT2D eigenvalue weighted by molar-refractivity contribution is -0.151. The number of carboxylic acids is 1. The Labute approximate surface area is 112 Å². The Balaban J connectivity index is 2.12. The highest BCUT2D eigenvalue weighted by Crippen LogP contribution is 2.36. The molecule has 1 aromatic rings. The molecule has 2 unspecified atom stereocenters. The summed E-state index contributed by atoms with van der Waals surface area (Å²) >= 11 is 0. The van der Waals surface area contributed by atoms with Crippen LogP contribution in [-0.2, 0) is 4.79 Å². The third kappa shape index (κ3) is 2.64. The van der Waals surface area contributed by atoms with E-state index in [1.165, 1.54) is 6.26 Å². The van der Waals surface area contributed by atoms with Gasteiger partial charge in [-0.15, -0.1) is 0 Å². The standard InChI is InChI=1S/C14H19NO4/c1-9-7-10(8-19-9)12(16)15-11-5-3-4-6-14(11,2)13(17)18/h7-8,11H,3-6H2,1-2H3,(H,15,16)(H,17,18). The van der Waals surface area contributed by atoms with Crippen molar-refractivity contribution >= 4 is 11.9 Å². The summed E-state index contributed by atoms with van der Waals surface area (Å²) in [4.78, 5) is 23.5. The number of furan rings is 1. The summed E-state index contributed by atoms with van der Waals surface area (Å²) in [7, 11) is 0. The van der Waals surface area contributed by atoms with E-state index in [4.69, 9.17) is 4.42 Å². The number of carbonyl (C=O) groups excluding carboxylic acids is 1. The topological polar surface area (TPSA) is 79.5 Å². The predicted molar refractivity (Wildman–Crippen MR) is 68.9 cm³/mol. The summed E-state index contributed by atoms with van der Waals surface area (Å²) in [6, 6.07) is 1.32. The van der Waals surface area contributed by atoms with Crippen molar-refractivity contribution in [2.45, 2.75) is 45.6 Å². The second-order valence-electron chi connectivity index (χ2n) is 5.44. The van der Waals surface area contributed by atoms with Crippen LogP contribution in [0.15, 0.2) is 16.7 Å². The molecule has 2 atom stereocenters. The van der Waals surface area contributed by atoms with Gasteiger partial charge in [-0.2, -0.15) is 0 Å². The van der Waals surface area contributed by atoms with Crippen molar-refractivity contribution in [3.8, 4) is 0 Å². The maximum atomic E-state index is 12.1. The van der Waals surface area contributed by atoms with Crippen LogP contribution in [0.1, 0.15) is 48.7 Å². The third-order valence-corrected chi connectivity index (χ3v) is 3.99. The number of hydrogen-bond donors (Lipinski definition) is 2. The van der Waals surface area contributed by atoms with Crippen molar-refractivity contribution in [2.75, 3.05) is 0 Å². The highest BCUT2D eigenvalue weighted by atomic mass is 16.4. The average Bonchev–Trinajstić information content (AvgIpc) is 2.79. The van der Waals surface area contributed by atoms with Crippen LogP contribution in [-0.4, -0.2) is 23.0 Å². The van der Waals surface area contributed by atoms with Gasteiger partial charge in [0.25, 0.3) is 5.91 Å². The van der Waals surface area contributed by atoms with Crippen LogP contribution in [0.5, 0.6) is 0 Å². The van der Waals surface area contributed by atoms with E-state index < -0.39 is 11.4 Å². The second kappa shape index (κ2) is 5.07. The molecule has 1 heterocycles. The Morgan fingerprint density at radius 3 is 2.79 bits per heavy atom. The van der Waals surface area contributed by atoms with E-state index in [1.54, 1.807) is 19.9 Å². The van der Waals surface area contributed by atoms with Crippen LogP contribution in [0.25, 0.3) is 0 Å². The number of aryl methyl sites for hydroxylation is 1. The summed E-state index contributed by atoms with van der Waals surface area (Å²) in [5, 5.41) is 12.2. The number of aliphatic carboxylic acids is 1. The van der Waals surface area contributed by atoms with Gasteiger partial charge in [0.1, 0.15) is 12.0 Å². The maximum Gasteiger partial charge on any atom is 0.311 e. The molecule has 0 aliphatic heterocycles.